The summed E-state index contributed by atoms with van der Waals surface area (Å²) in [6, 6.07) is 0. The third kappa shape index (κ3) is 4.27. The van der Waals surface area contributed by atoms with Gasteiger partial charge in [-0.1, -0.05) is 13.8 Å². The molecule has 1 atom stereocenters. The number of fused-ring (bicyclic) bond motifs is 1. The zero-order valence-electron chi connectivity index (χ0n) is 16.0. The van der Waals surface area contributed by atoms with Gasteiger partial charge in [0, 0.05) is 31.1 Å². The van der Waals surface area contributed by atoms with Gasteiger partial charge in [-0.2, -0.15) is 0 Å². The largest absolute Gasteiger partial charge is 0.465 e. The van der Waals surface area contributed by atoms with Gasteiger partial charge in [0.2, 0.25) is 5.91 Å². The van der Waals surface area contributed by atoms with Crippen LogP contribution in [-0.4, -0.2) is 68.1 Å². The van der Waals surface area contributed by atoms with E-state index in [9.17, 15) is 9.59 Å². The number of anilines is 1. The molecular weight excluding hydrogens is 350 g/mol. The summed E-state index contributed by atoms with van der Waals surface area (Å²) >= 11 is 1.54. The average molecular weight is 380 g/mol. The van der Waals surface area contributed by atoms with Gasteiger partial charge in [-0.15, -0.1) is 11.3 Å². The zero-order chi connectivity index (χ0) is 18.7. The molecule has 26 heavy (non-hydrogen) atoms. The molecule has 0 bridgehead atoms. The molecule has 1 amide bonds. The lowest BCUT2D eigenvalue weighted by Gasteiger charge is -2.33. The van der Waals surface area contributed by atoms with Crippen LogP contribution in [0.4, 0.5) is 5.00 Å². The van der Waals surface area contributed by atoms with Gasteiger partial charge in [0.15, 0.2) is 0 Å². The minimum atomic E-state index is -0.344. The van der Waals surface area contributed by atoms with Crippen LogP contribution < -0.4 is 5.32 Å². The normalized spacial score (nSPS) is 21.3. The molecule has 1 aliphatic carbocycles. The lowest BCUT2D eigenvalue weighted by molar-refractivity contribution is -0.117. The number of nitrogens with one attached hydrogen (secondary N) is 1. The molecule has 3 rings (SSSR count). The lowest BCUT2D eigenvalue weighted by atomic mass is 9.88. The van der Waals surface area contributed by atoms with Crippen molar-refractivity contribution in [1.82, 2.24) is 9.80 Å². The predicted molar refractivity (Wildman–Crippen MR) is 104 cm³/mol. The first-order valence-corrected chi connectivity index (χ1v) is 10.3. The van der Waals surface area contributed by atoms with Crippen molar-refractivity contribution in [1.29, 1.82) is 0 Å². The Morgan fingerprint density at radius 1 is 1.23 bits per heavy atom. The van der Waals surface area contributed by atoms with Crippen LogP contribution in [0.15, 0.2) is 0 Å². The average Bonchev–Trinajstić information content (AvgIpc) is 2.98. The molecule has 1 saturated heterocycles. The van der Waals surface area contributed by atoms with E-state index in [2.05, 4.69) is 29.0 Å². The number of esters is 1. The molecule has 1 aromatic rings. The van der Waals surface area contributed by atoms with Crippen molar-refractivity contribution in [2.75, 3.05) is 51.7 Å². The van der Waals surface area contributed by atoms with E-state index in [4.69, 9.17) is 4.74 Å². The highest BCUT2D eigenvalue weighted by Crippen LogP contribution is 2.40. The zero-order valence-corrected chi connectivity index (χ0v) is 16.8. The van der Waals surface area contributed by atoms with Crippen LogP contribution in [-0.2, 0) is 22.4 Å². The van der Waals surface area contributed by atoms with Crippen LogP contribution in [0.5, 0.6) is 0 Å². The van der Waals surface area contributed by atoms with Gasteiger partial charge in [-0.05, 0) is 37.3 Å². The topological polar surface area (TPSA) is 61.9 Å². The lowest BCUT2D eigenvalue weighted by Crippen LogP contribution is -2.48. The number of rotatable bonds is 5. The SMILES string of the molecule is CCN1CCN(CC(=O)Nc2sc3c(c2C(=O)OC)CC[C@@H](C)C3)CC1. The quantitative estimate of drug-likeness (QED) is 0.795. The number of likely N-dealkylation sites (N-methyl/N-ethyl adjacent to an activating group) is 1. The summed E-state index contributed by atoms with van der Waals surface area (Å²) in [5.74, 6) is 0.223. The van der Waals surface area contributed by atoms with E-state index in [1.54, 1.807) is 11.3 Å². The van der Waals surface area contributed by atoms with Crippen LogP contribution in [0.1, 0.15) is 41.1 Å². The summed E-state index contributed by atoms with van der Waals surface area (Å²) in [6.45, 7) is 9.64. The fraction of sp³-hybridized carbons (Fsp3) is 0.684. The van der Waals surface area contributed by atoms with E-state index in [0.29, 0.717) is 23.0 Å². The first-order chi connectivity index (χ1) is 12.5. The van der Waals surface area contributed by atoms with Crippen molar-refractivity contribution in [3.63, 3.8) is 0 Å². The molecule has 144 valence electrons. The maximum Gasteiger partial charge on any atom is 0.341 e. The Kier molecular flexibility index (Phi) is 6.32. The molecule has 0 saturated carbocycles. The maximum absolute atomic E-state index is 12.6. The van der Waals surface area contributed by atoms with Gasteiger partial charge in [0.05, 0.1) is 19.2 Å². The molecule has 2 aliphatic rings. The highest BCUT2D eigenvalue weighted by molar-refractivity contribution is 7.17. The van der Waals surface area contributed by atoms with Crippen LogP contribution in [0.3, 0.4) is 0 Å². The molecule has 1 fully saturated rings. The summed E-state index contributed by atoms with van der Waals surface area (Å²) in [7, 11) is 1.40. The van der Waals surface area contributed by atoms with Crippen LogP contribution in [0, 0.1) is 5.92 Å². The molecule has 0 aromatic carbocycles. The van der Waals surface area contributed by atoms with Gasteiger partial charge in [0.1, 0.15) is 5.00 Å². The van der Waals surface area contributed by atoms with Crippen molar-refractivity contribution in [3.8, 4) is 0 Å². The van der Waals surface area contributed by atoms with Crippen molar-refractivity contribution in [3.05, 3.63) is 16.0 Å². The summed E-state index contributed by atoms with van der Waals surface area (Å²) < 4.78 is 4.98. The van der Waals surface area contributed by atoms with Crippen molar-refractivity contribution < 1.29 is 14.3 Å². The van der Waals surface area contributed by atoms with Crippen molar-refractivity contribution in [2.45, 2.75) is 33.1 Å². The van der Waals surface area contributed by atoms with Crippen LogP contribution in [0.25, 0.3) is 0 Å². The Bertz CT molecular complexity index is 665. The number of thiophene rings is 1. The van der Waals surface area contributed by atoms with E-state index in [1.165, 1.54) is 12.0 Å². The Morgan fingerprint density at radius 3 is 2.58 bits per heavy atom. The highest BCUT2D eigenvalue weighted by atomic mass is 32.1. The van der Waals surface area contributed by atoms with Gasteiger partial charge < -0.3 is 15.0 Å². The molecule has 6 nitrogen and oxygen atoms in total. The third-order valence-electron chi connectivity index (χ3n) is 5.43. The number of carbonyl (C=O) groups is 2. The molecule has 2 heterocycles. The van der Waals surface area contributed by atoms with Crippen molar-refractivity contribution >= 4 is 28.2 Å². The molecule has 0 spiro atoms. The second-order valence-electron chi connectivity index (χ2n) is 7.31. The fourth-order valence-electron chi connectivity index (χ4n) is 3.79. The van der Waals surface area contributed by atoms with Crippen LogP contribution >= 0.6 is 11.3 Å². The third-order valence-corrected chi connectivity index (χ3v) is 6.60. The molecule has 1 aromatic heterocycles. The van der Waals surface area contributed by atoms with Gasteiger partial charge >= 0.3 is 5.97 Å². The summed E-state index contributed by atoms with van der Waals surface area (Å²) in [5, 5.41) is 3.65. The Balaban J connectivity index is 1.69. The minimum absolute atomic E-state index is 0.0493. The molecular formula is C19H29N3O3S. The molecule has 0 radical (unpaired) electrons. The first kappa shape index (κ1) is 19.3. The van der Waals surface area contributed by atoms with Crippen LogP contribution in [0.2, 0.25) is 0 Å². The van der Waals surface area contributed by atoms with E-state index in [1.807, 2.05) is 0 Å². The fourth-order valence-corrected chi connectivity index (χ4v) is 5.20. The first-order valence-electron chi connectivity index (χ1n) is 9.49. The standard InChI is InChI=1S/C19H29N3O3S/c1-4-21-7-9-22(10-8-21)12-16(23)20-18-17(19(24)25-3)14-6-5-13(2)11-15(14)26-18/h13H,4-12H2,1-3H3,(H,20,23)/t13-/m1/s1. The maximum atomic E-state index is 12.6. The molecule has 7 heteroatoms. The number of ether oxygens (including phenoxy) is 1. The molecule has 1 aliphatic heterocycles. The minimum Gasteiger partial charge on any atom is -0.465 e. The van der Waals surface area contributed by atoms with Gasteiger partial charge in [-0.25, -0.2) is 4.79 Å². The van der Waals surface area contributed by atoms with E-state index in [0.717, 1.165) is 57.5 Å². The second kappa shape index (κ2) is 8.50. The number of hydrogen-bond donors (Lipinski definition) is 1. The van der Waals surface area contributed by atoms with E-state index < -0.39 is 0 Å². The van der Waals surface area contributed by atoms with Gasteiger partial charge in [-0.3, -0.25) is 9.69 Å². The van der Waals surface area contributed by atoms with E-state index in [-0.39, 0.29) is 11.9 Å². The summed E-state index contributed by atoms with van der Waals surface area (Å²) in [6.07, 6.45) is 2.92. The monoisotopic (exact) mass is 379 g/mol. The highest BCUT2D eigenvalue weighted by Gasteiger charge is 2.29. The predicted octanol–water partition coefficient (Wildman–Crippen LogP) is 2.24. The number of hydrogen-bond acceptors (Lipinski definition) is 6. The Morgan fingerprint density at radius 2 is 1.92 bits per heavy atom. The second-order valence-corrected chi connectivity index (χ2v) is 8.41. The smallest absolute Gasteiger partial charge is 0.341 e. The number of nitrogens with zero attached hydrogens (tertiary/aromatic N) is 2. The number of amides is 1. The number of methoxy groups -OCH3 is 1. The number of piperazine rings is 1. The summed E-state index contributed by atoms with van der Waals surface area (Å²) in [5.41, 5.74) is 1.65. The van der Waals surface area contributed by atoms with Crippen molar-refractivity contribution in [2.24, 2.45) is 5.92 Å². The molecule has 1 N–H and O–H groups in total. The Labute approximate surface area is 159 Å². The Hall–Kier alpha value is -1.44. The van der Waals surface area contributed by atoms with E-state index >= 15 is 0 Å². The number of carbonyl (C=O) groups excluding carboxylic acids is 2. The molecule has 0 unspecified atom stereocenters. The summed E-state index contributed by atoms with van der Waals surface area (Å²) in [4.78, 5) is 30.6. The van der Waals surface area contributed by atoms with Gasteiger partial charge in [0.25, 0.3) is 0 Å².